The minimum absolute atomic E-state index is 0.113. The SMILES string of the molecule is Cc1ccc(F)c(CNc2c(F)cc(F)cc2Br)c1. The van der Waals surface area contributed by atoms with Gasteiger partial charge in [0.2, 0.25) is 0 Å². The zero-order valence-electron chi connectivity index (χ0n) is 10.1. The van der Waals surface area contributed by atoms with Crippen molar-refractivity contribution in [2.45, 2.75) is 13.5 Å². The Bertz CT molecular complexity index is 591. The third kappa shape index (κ3) is 3.29. The van der Waals surface area contributed by atoms with Gasteiger partial charge in [0.25, 0.3) is 0 Å². The van der Waals surface area contributed by atoms with E-state index in [0.717, 1.165) is 17.7 Å². The molecule has 1 nitrogen and oxygen atoms in total. The molecule has 0 amide bonds. The molecular formula is C14H11BrF3N. The van der Waals surface area contributed by atoms with E-state index in [-0.39, 0.29) is 22.5 Å². The summed E-state index contributed by atoms with van der Waals surface area (Å²) in [6.45, 7) is 1.96. The smallest absolute Gasteiger partial charge is 0.150 e. The molecular weight excluding hydrogens is 319 g/mol. The second-order valence-corrected chi connectivity index (χ2v) is 5.05. The van der Waals surface area contributed by atoms with E-state index in [0.29, 0.717) is 5.56 Å². The summed E-state index contributed by atoms with van der Waals surface area (Å²) in [5, 5.41) is 2.76. The molecule has 0 bridgehead atoms. The van der Waals surface area contributed by atoms with Crippen molar-refractivity contribution >= 4 is 21.6 Å². The van der Waals surface area contributed by atoms with Crippen molar-refractivity contribution in [1.82, 2.24) is 0 Å². The van der Waals surface area contributed by atoms with Gasteiger partial charge in [-0.1, -0.05) is 17.7 Å². The molecule has 100 valence electrons. The van der Waals surface area contributed by atoms with Crippen LogP contribution in [0.4, 0.5) is 18.9 Å². The molecule has 0 atom stereocenters. The highest BCUT2D eigenvalue weighted by molar-refractivity contribution is 9.10. The Morgan fingerprint density at radius 1 is 1.05 bits per heavy atom. The third-order valence-electron chi connectivity index (χ3n) is 2.66. The molecule has 0 aliphatic heterocycles. The van der Waals surface area contributed by atoms with Gasteiger partial charge in [0.1, 0.15) is 17.5 Å². The van der Waals surface area contributed by atoms with Crippen LogP contribution in [0.3, 0.4) is 0 Å². The number of halogens is 4. The summed E-state index contributed by atoms with van der Waals surface area (Å²) in [5.74, 6) is -1.76. The van der Waals surface area contributed by atoms with Crippen molar-refractivity contribution in [3.05, 3.63) is 63.4 Å². The number of rotatable bonds is 3. The maximum atomic E-state index is 13.6. The molecule has 0 aliphatic carbocycles. The first-order chi connectivity index (χ1) is 8.97. The molecule has 2 aromatic rings. The average Bonchev–Trinajstić information content (AvgIpc) is 2.32. The summed E-state index contributed by atoms with van der Waals surface area (Å²) < 4.78 is 40.3. The number of benzene rings is 2. The molecule has 0 saturated carbocycles. The van der Waals surface area contributed by atoms with Crippen molar-refractivity contribution in [3.8, 4) is 0 Å². The van der Waals surface area contributed by atoms with Gasteiger partial charge in [-0.2, -0.15) is 0 Å². The van der Waals surface area contributed by atoms with E-state index in [9.17, 15) is 13.2 Å². The van der Waals surface area contributed by atoms with E-state index in [1.165, 1.54) is 6.07 Å². The van der Waals surface area contributed by atoms with Gasteiger partial charge in [0.05, 0.1) is 5.69 Å². The summed E-state index contributed by atoms with van der Waals surface area (Å²) in [6, 6.07) is 6.63. The Labute approximate surface area is 117 Å². The molecule has 0 aromatic heterocycles. The van der Waals surface area contributed by atoms with E-state index in [4.69, 9.17) is 0 Å². The topological polar surface area (TPSA) is 12.0 Å². The van der Waals surface area contributed by atoms with Gasteiger partial charge in [-0.25, -0.2) is 13.2 Å². The van der Waals surface area contributed by atoms with Crippen LogP contribution in [0.1, 0.15) is 11.1 Å². The van der Waals surface area contributed by atoms with Crippen LogP contribution in [0, 0.1) is 24.4 Å². The second kappa shape index (κ2) is 5.65. The van der Waals surface area contributed by atoms with Crippen molar-refractivity contribution in [1.29, 1.82) is 0 Å². The van der Waals surface area contributed by atoms with Gasteiger partial charge >= 0.3 is 0 Å². The lowest BCUT2D eigenvalue weighted by atomic mass is 10.1. The molecule has 1 N–H and O–H groups in total. The lowest BCUT2D eigenvalue weighted by molar-refractivity contribution is 0.582. The van der Waals surface area contributed by atoms with Gasteiger partial charge in [0, 0.05) is 22.6 Å². The summed E-state index contributed by atoms with van der Waals surface area (Å²) in [6.07, 6.45) is 0. The van der Waals surface area contributed by atoms with E-state index in [1.807, 2.05) is 6.92 Å². The molecule has 2 aromatic carbocycles. The number of nitrogens with one attached hydrogen (secondary N) is 1. The predicted molar refractivity (Wildman–Crippen MR) is 72.5 cm³/mol. The summed E-state index contributed by atoms with van der Waals surface area (Å²) >= 11 is 3.07. The molecule has 0 aliphatic rings. The zero-order chi connectivity index (χ0) is 14.0. The lowest BCUT2D eigenvalue weighted by Gasteiger charge is -2.11. The van der Waals surface area contributed by atoms with Crippen LogP contribution in [-0.4, -0.2) is 0 Å². The fourth-order valence-electron chi connectivity index (χ4n) is 1.73. The van der Waals surface area contributed by atoms with Crippen LogP contribution in [0.15, 0.2) is 34.8 Å². The highest BCUT2D eigenvalue weighted by atomic mass is 79.9. The molecule has 0 unspecified atom stereocenters. The van der Waals surface area contributed by atoms with E-state index >= 15 is 0 Å². The Morgan fingerprint density at radius 2 is 1.79 bits per heavy atom. The molecule has 0 radical (unpaired) electrons. The maximum absolute atomic E-state index is 13.6. The summed E-state index contributed by atoms with van der Waals surface area (Å²) in [7, 11) is 0. The number of anilines is 1. The van der Waals surface area contributed by atoms with E-state index < -0.39 is 11.6 Å². The molecule has 2 rings (SSSR count). The Kier molecular flexibility index (Phi) is 4.14. The zero-order valence-corrected chi connectivity index (χ0v) is 11.7. The summed E-state index contributed by atoms with van der Waals surface area (Å²) in [4.78, 5) is 0. The van der Waals surface area contributed by atoms with Crippen molar-refractivity contribution in [2.75, 3.05) is 5.32 Å². The molecule has 0 spiro atoms. The predicted octanol–water partition coefficient (Wildman–Crippen LogP) is 4.79. The molecule has 0 heterocycles. The highest BCUT2D eigenvalue weighted by Gasteiger charge is 2.10. The lowest BCUT2D eigenvalue weighted by Crippen LogP contribution is -2.05. The van der Waals surface area contributed by atoms with Crippen LogP contribution in [0.5, 0.6) is 0 Å². The monoisotopic (exact) mass is 329 g/mol. The van der Waals surface area contributed by atoms with Crippen LogP contribution in [-0.2, 0) is 6.54 Å². The quantitative estimate of drug-likeness (QED) is 0.853. The molecule has 19 heavy (non-hydrogen) atoms. The first-order valence-electron chi connectivity index (χ1n) is 5.61. The number of hydrogen-bond acceptors (Lipinski definition) is 1. The Hall–Kier alpha value is -1.49. The third-order valence-corrected chi connectivity index (χ3v) is 3.29. The van der Waals surface area contributed by atoms with E-state index in [1.54, 1.807) is 12.1 Å². The number of hydrogen-bond donors (Lipinski definition) is 1. The van der Waals surface area contributed by atoms with Crippen LogP contribution >= 0.6 is 15.9 Å². The fraction of sp³-hybridized carbons (Fsp3) is 0.143. The largest absolute Gasteiger partial charge is 0.378 e. The minimum atomic E-state index is -0.722. The first-order valence-corrected chi connectivity index (χ1v) is 6.40. The average molecular weight is 330 g/mol. The number of aryl methyl sites for hydroxylation is 1. The van der Waals surface area contributed by atoms with Gasteiger partial charge in [-0.05, 0) is 35.0 Å². The van der Waals surface area contributed by atoms with E-state index in [2.05, 4.69) is 21.2 Å². The second-order valence-electron chi connectivity index (χ2n) is 4.19. The standard InChI is InChI=1S/C14H11BrF3N/c1-8-2-3-12(17)9(4-8)7-19-14-11(15)5-10(16)6-13(14)18/h2-6,19H,7H2,1H3. The fourth-order valence-corrected chi connectivity index (χ4v) is 2.28. The normalized spacial score (nSPS) is 10.6. The van der Waals surface area contributed by atoms with Crippen molar-refractivity contribution < 1.29 is 13.2 Å². The van der Waals surface area contributed by atoms with Crippen LogP contribution in [0.25, 0.3) is 0 Å². The van der Waals surface area contributed by atoms with Crippen molar-refractivity contribution in [2.24, 2.45) is 0 Å². The minimum Gasteiger partial charge on any atom is -0.378 e. The Balaban J connectivity index is 2.21. The Morgan fingerprint density at radius 3 is 2.47 bits per heavy atom. The van der Waals surface area contributed by atoms with Gasteiger partial charge in [-0.15, -0.1) is 0 Å². The first kappa shape index (κ1) is 13.9. The van der Waals surface area contributed by atoms with Crippen LogP contribution in [0.2, 0.25) is 0 Å². The van der Waals surface area contributed by atoms with Gasteiger partial charge < -0.3 is 5.32 Å². The summed E-state index contributed by atoms with van der Waals surface area (Å²) in [5.41, 5.74) is 1.45. The molecule has 5 heteroatoms. The molecule has 0 fully saturated rings. The van der Waals surface area contributed by atoms with Gasteiger partial charge in [-0.3, -0.25) is 0 Å². The van der Waals surface area contributed by atoms with Crippen molar-refractivity contribution in [3.63, 3.8) is 0 Å². The highest BCUT2D eigenvalue weighted by Crippen LogP contribution is 2.27. The molecule has 0 saturated heterocycles. The van der Waals surface area contributed by atoms with Gasteiger partial charge in [0.15, 0.2) is 0 Å². The maximum Gasteiger partial charge on any atom is 0.150 e. The van der Waals surface area contributed by atoms with Crippen LogP contribution < -0.4 is 5.32 Å².